The van der Waals surface area contributed by atoms with Gasteiger partial charge in [-0.25, -0.2) is 0 Å². The van der Waals surface area contributed by atoms with Gasteiger partial charge in [-0.2, -0.15) is 0 Å². The second kappa shape index (κ2) is 4.78. The molecule has 0 radical (unpaired) electrons. The van der Waals surface area contributed by atoms with Gasteiger partial charge in [0.2, 0.25) is 0 Å². The maximum atomic E-state index is 10.9. The highest BCUT2D eigenvalue weighted by Gasteiger charge is 2.43. The van der Waals surface area contributed by atoms with Crippen molar-refractivity contribution in [2.75, 3.05) is 27.8 Å². The van der Waals surface area contributed by atoms with Gasteiger partial charge >= 0.3 is 0 Å². The number of likely N-dealkylation sites (N-methyl/N-ethyl adjacent to an activating group) is 1. The van der Waals surface area contributed by atoms with E-state index in [0.717, 1.165) is 5.56 Å². The first kappa shape index (κ1) is 13.2. The minimum Gasteiger partial charge on any atom is -0.496 e. The van der Waals surface area contributed by atoms with Crippen molar-refractivity contribution in [3.63, 3.8) is 0 Å². The van der Waals surface area contributed by atoms with E-state index in [2.05, 4.69) is 11.8 Å². The van der Waals surface area contributed by atoms with Crippen molar-refractivity contribution in [3.05, 3.63) is 23.8 Å². The first-order valence-electron chi connectivity index (χ1n) is 6.16. The number of nitrogens with zero attached hydrogens (tertiary/aromatic N) is 1. The van der Waals surface area contributed by atoms with Gasteiger partial charge in [-0.3, -0.25) is 0 Å². The van der Waals surface area contributed by atoms with Crippen LogP contribution < -0.4 is 9.47 Å². The van der Waals surface area contributed by atoms with Crippen molar-refractivity contribution in [1.82, 2.24) is 4.90 Å². The van der Waals surface area contributed by atoms with Gasteiger partial charge in [0.05, 0.1) is 19.8 Å². The average Bonchev–Trinajstić information content (AvgIpc) is 2.63. The Labute approximate surface area is 108 Å². The van der Waals surface area contributed by atoms with Crippen LogP contribution in [0.5, 0.6) is 11.5 Å². The molecule has 4 heteroatoms. The standard InChI is InChI=1S/C14H21NO3/c1-10-8-14(16,9-15(10)2)13-11(17-3)6-5-7-12(13)18-4/h5-7,10,16H,8-9H2,1-4H3. The third kappa shape index (κ3) is 2.06. The van der Waals surface area contributed by atoms with Crippen LogP contribution in [-0.2, 0) is 5.60 Å². The maximum Gasteiger partial charge on any atom is 0.128 e. The molecule has 100 valence electrons. The van der Waals surface area contributed by atoms with Gasteiger partial charge in [-0.1, -0.05) is 6.07 Å². The summed E-state index contributed by atoms with van der Waals surface area (Å²) in [4.78, 5) is 2.14. The number of methoxy groups -OCH3 is 2. The summed E-state index contributed by atoms with van der Waals surface area (Å²) in [5, 5.41) is 10.9. The molecule has 1 fully saturated rings. The second-order valence-electron chi connectivity index (χ2n) is 5.04. The number of benzene rings is 1. The van der Waals surface area contributed by atoms with Crippen molar-refractivity contribution in [1.29, 1.82) is 0 Å². The molecule has 0 aliphatic carbocycles. The molecule has 1 heterocycles. The maximum absolute atomic E-state index is 10.9. The molecule has 1 N–H and O–H groups in total. The Kier molecular flexibility index (Phi) is 3.50. The van der Waals surface area contributed by atoms with Crippen LogP contribution in [0, 0.1) is 0 Å². The van der Waals surface area contributed by atoms with Gasteiger partial charge < -0.3 is 19.5 Å². The van der Waals surface area contributed by atoms with Gasteiger partial charge in [-0.15, -0.1) is 0 Å². The van der Waals surface area contributed by atoms with E-state index in [1.165, 1.54) is 0 Å². The molecule has 0 amide bonds. The first-order valence-corrected chi connectivity index (χ1v) is 6.16. The van der Waals surface area contributed by atoms with Crippen LogP contribution >= 0.6 is 0 Å². The molecule has 2 rings (SSSR count). The number of likely N-dealkylation sites (tertiary alicyclic amines) is 1. The van der Waals surface area contributed by atoms with Gasteiger partial charge in [0.25, 0.3) is 0 Å². The fourth-order valence-electron chi connectivity index (χ4n) is 2.77. The Bertz CT molecular complexity index is 401. The van der Waals surface area contributed by atoms with Gasteiger partial charge in [0, 0.05) is 12.6 Å². The van der Waals surface area contributed by atoms with Crippen molar-refractivity contribution < 1.29 is 14.6 Å². The van der Waals surface area contributed by atoms with Gasteiger partial charge in [0.1, 0.15) is 17.1 Å². The molecule has 0 bridgehead atoms. The van der Waals surface area contributed by atoms with E-state index in [0.29, 0.717) is 30.5 Å². The molecular weight excluding hydrogens is 230 g/mol. The van der Waals surface area contributed by atoms with Crippen LogP contribution in [0.25, 0.3) is 0 Å². The number of aliphatic hydroxyl groups is 1. The molecule has 4 nitrogen and oxygen atoms in total. The van der Waals surface area contributed by atoms with Crippen LogP contribution in [0.2, 0.25) is 0 Å². The summed E-state index contributed by atoms with van der Waals surface area (Å²) >= 11 is 0. The normalized spacial score (nSPS) is 28.4. The van der Waals surface area contributed by atoms with Crippen molar-refractivity contribution in [3.8, 4) is 11.5 Å². The summed E-state index contributed by atoms with van der Waals surface area (Å²) in [5.41, 5.74) is -0.155. The Morgan fingerprint density at radius 1 is 1.28 bits per heavy atom. The lowest BCUT2D eigenvalue weighted by Gasteiger charge is -2.26. The monoisotopic (exact) mass is 251 g/mol. The van der Waals surface area contributed by atoms with E-state index in [9.17, 15) is 5.11 Å². The zero-order valence-electron chi connectivity index (χ0n) is 11.4. The van der Waals surface area contributed by atoms with E-state index in [4.69, 9.17) is 9.47 Å². The molecule has 0 saturated carbocycles. The molecule has 2 unspecified atom stereocenters. The second-order valence-corrected chi connectivity index (χ2v) is 5.04. The topological polar surface area (TPSA) is 41.9 Å². The number of ether oxygens (including phenoxy) is 2. The zero-order chi connectivity index (χ0) is 13.3. The lowest BCUT2D eigenvalue weighted by Crippen LogP contribution is -2.30. The SMILES string of the molecule is COc1cccc(OC)c1C1(O)CC(C)N(C)C1. The number of β-amino-alcohol motifs (C(OH)–C–C–N with tert-alkyl or cyclic N) is 1. The van der Waals surface area contributed by atoms with Gasteiger partial charge in [0.15, 0.2) is 0 Å². The molecular formula is C14H21NO3. The number of rotatable bonds is 3. The summed E-state index contributed by atoms with van der Waals surface area (Å²) in [6, 6.07) is 5.93. The summed E-state index contributed by atoms with van der Waals surface area (Å²) in [5.74, 6) is 1.36. The molecule has 1 saturated heterocycles. The highest BCUT2D eigenvalue weighted by atomic mass is 16.5. The Hall–Kier alpha value is -1.26. The summed E-state index contributed by atoms with van der Waals surface area (Å²) < 4.78 is 10.8. The molecule has 1 aromatic carbocycles. The van der Waals surface area contributed by atoms with Crippen LogP contribution in [0.3, 0.4) is 0 Å². The Morgan fingerprint density at radius 3 is 2.22 bits per heavy atom. The van der Waals surface area contributed by atoms with Crippen LogP contribution in [-0.4, -0.2) is 43.9 Å². The van der Waals surface area contributed by atoms with Crippen molar-refractivity contribution >= 4 is 0 Å². The fourth-order valence-corrected chi connectivity index (χ4v) is 2.77. The minimum absolute atomic E-state index is 0.338. The van der Waals surface area contributed by atoms with E-state index >= 15 is 0 Å². The smallest absolute Gasteiger partial charge is 0.128 e. The highest BCUT2D eigenvalue weighted by molar-refractivity contribution is 5.49. The minimum atomic E-state index is -0.911. The summed E-state index contributed by atoms with van der Waals surface area (Å²) in [6.45, 7) is 2.70. The molecule has 0 aromatic heterocycles. The highest BCUT2D eigenvalue weighted by Crippen LogP contribution is 2.44. The molecule has 1 aliphatic heterocycles. The lowest BCUT2D eigenvalue weighted by atomic mass is 9.89. The number of hydrogen-bond acceptors (Lipinski definition) is 4. The third-order valence-electron chi connectivity index (χ3n) is 3.79. The van der Waals surface area contributed by atoms with E-state index < -0.39 is 5.60 Å². The Balaban J connectivity index is 2.49. The Morgan fingerprint density at radius 2 is 1.83 bits per heavy atom. The molecule has 2 atom stereocenters. The molecule has 0 spiro atoms. The number of hydrogen-bond donors (Lipinski definition) is 1. The lowest BCUT2D eigenvalue weighted by molar-refractivity contribution is 0.0435. The molecule has 1 aromatic rings. The molecule has 18 heavy (non-hydrogen) atoms. The van der Waals surface area contributed by atoms with Crippen LogP contribution in [0.1, 0.15) is 18.9 Å². The fraction of sp³-hybridized carbons (Fsp3) is 0.571. The van der Waals surface area contributed by atoms with E-state index in [-0.39, 0.29) is 0 Å². The predicted octanol–water partition coefficient (Wildman–Crippen LogP) is 1.62. The third-order valence-corrected chi connectivity index (χ3v) is 3.79. The van der Waals surface area contributed by atoms with Crippen LogP contribution in [0.15, 0.2) is 18.2 Å². The van der Waals surface area contributed by atoms with Gasteiger partial charge in [-0.05, 0) is 32.5 Å². The molecule has 1 aliphatic rings. The summed E-state index contributed by atoms with van der Waals surface area (Å²) in [6.07, 6.45) is 0.681. The largest absolute Gasteiger partial charge is 0.496 e. The predicted molar refractivity (Wildman–Crippen MR) is 70.2 cm³/mol. The van der Waals surface area contributed by atoms with E-state index in [1.807, 2.05) is 25.2 Å². The van der Waals surface area contributed by atoms with Crippen molar-refractivity contribution in [2.45, 2.75) is 25.0 Å². The van der Waals surface area contributed by atoms with Crippen LogP contribution in [0.4, 0.5) is 0 Å². The van der Waals surface area contributed by atoms with E-state index in [1.54, 1.807) is 14.2 Å². The zero-order valence-corrected chi connectivity index (χ0v) is 11.4. The average molecular weight is 251 g/mol. The van der Waals surface area contributed by atoms with Crippen molar-refractivity contribution in [2.24, 2.45) is 0 Å². The summed E-state index contributed by atoms with van der Waals surface area (Å²) in [7, 11) is 5.25. The quantitative estimate of drug-likeness (QED) is 0.886. The first-order chi connectivity index (χ1) is 8.51.